The molecule has 0 aromatic heterocycles. The Labute approximate surface area is 79.1 Å². The molecule has 0 spiro atoms. The van der Waals surface area contributed by atoms with Crippen LogP contribution in [0.1, 0.15) is 20.8 Å². The molecule has 1 unspecified atom stereocenters. The number of likely N-dealkylation sites (N-methyl/N-ethyl adjacent to an activating group) is 1. The van der Waals surface area contributed by atoms with Crippen molar-refractivity contribution in [1.82, 2.24) is 4.90 Å². The smallest absolute Gasteiger partial charge is 0.338 e. The van der Waals surface area contributed by atoms with E-state index < -0.39 is 12.0 Å². The van der Waals surface area contributed by atoms with Crippen LogP contribution in [0.25, 0.3) is 0 Å². The highest BCUT2D eigenvalue weighted by Gasteiger charge is 2.24. The van der Waals surface area contributed by atoms with E-state index in [1.54, 1.807) is 11.8 Å². The maximum Gasteiger partial charge on any atom is 0.338 e. The molecule has 0 radical (unpaired) electrons. The van der Waals surface area contributed by atoms with Gasteiger partial charge in [-0.25, -0.2) is 4.79 Å². The lowest BCUT2D eigenvalue weighted by Gasteiger charge is -2.21. The molecule has 0 saturated heterocycles. The molecule has 0 heterocycles. The minimum absolute atomic E-state index is 0.318. The van der Waals surface area contributed by atoms with Crippen molar-refractivity contribution in [1.29, 1.82) is 5.26 Å². The summed E-state index contributed by atoms with van der Waals surface area (Å²) in [7, 11) is 0. The van der Waals surface area contributed by atoms with Crippen molar-refractivity contribution in [3.63, 3.8) is 0 Å². The highest BCUT2D eigenvalue weighted by molar-refractivity contribution is 5.78. The quantitative estimate of drug-likeness (QED) is 0.592. The molecule has 0 amide bonds. The second-order valence-corrected chi connectivity index (χ2v) is 2.50. The van der Waals surface area contributed by atoms with Crippen molar-refractivity contribution < 1.29 is 9.53 Å². The van der Waals surface area contributed by atoms with E-state index in [0.717, 1.165) is 0 Å². The van der Waals surface area contributed by atoms with Gasteiger partial charge in [0.2, 0.25) is 0 Å². The van der Waals surface area contributed by atoms with E-state index in [-0.39, 0.29) is 0 Å². The number of nitrogens with zero attached hydrogens (tertiary/aromatic N) is 2. The van der Waals surface area contributed by atoms with Crippen molar-refractivity contribution in [2.75, 3.05) is 19.7 Å². The van der Waals surface area contributed by atoms with Crippen LogP contribution in [0.4, 0.5) is 0 Å². The van der Waals surface area contributed by atoms with E-state index in [4.69, 9.17) is 10.00 Å². The van der Waals surface area contributed by atoms with Crippen LogP contribution in [-0.4, -0.2) is 36.6 Å². The summed E-state index contributed by atoms with van der Waals surface area (Å²) in [6, 6.07) is 1.19. The second kappa shape index (κ2) is 6.44. The largest absolute Gasteiger partial charge is 0.464 e. The Hall–Kier alpha value is -1.08. The molecule has 0 aliphatic heterocycles. The Bertz CT molecular complexity index is 194. The fourth-order valence-corrected chi connectivity index (χ4v) is 1.09. The van der Waals surface area contributed by atoms with Crippen molar-refractivity contribution in [2.24, 2.45) is 0 Å². The molecule has 1 atom stereocenters. The second-order valence-electron chi connectivity index (χ2n) is 2.50. The number of esters is 1. The molecule has 0 aromatic rings. The number of hydrogen-bond donors (Lipinski definition) is 0. The van der Waals surface area contributed by atoms with Gasteiger partial charge in [-0.1, -0.05) is 13.8 Å². The maximum absolute atomic E-state index is 11.2. The van der Waals surface area contributed by atoms with E-state index in [1.807, 2.05) is 19.9 Å². The molecule has 4 heteroatoms. The number of ether oxygens (including phenoxy) is 1. The molecule has 0 aliphatic rings. The lowest BCUT2D eigenvalue weighted by molar-refractivity contribution is -0.147. The molecule has 0 aliphatic carbocycles. The van der Waals surface area contributed by atoms with Gasteiger partial charge in [0.05, 0.1) is 12.7 Å². The summed E-state index contributed by atoms with van der Waals surface area (Å²) in [5.74, 6) is -0.450. The Morgan fingerprint density at radius 3 is 2.31 bits per heavy atom. The van der Waals surface area contributed by atoms with Gasteiger partial charge in [-0.15, -0.1) is 0 Å². The fraction of sp³-hybridized carbons (Fsp3) is 0.778. The first-order valence-corrected chi connectivity index (χ1v) is 4.51. The first kappa shape index (κ1) is 11.9. The number of carbonyl (C=O) groups is 1. The van der Waals surface area contributed by atoms with E-state index in [2.05, 4.69) is 0 Å². The van der Waals surface area contributed by atoms with E-state index in [9.17, 15) is 4.79 Å². The molecule has 13 heavy (non-hydrogen) atoms. The topological polar surface area (TPSA) is 53.3 Å². The van der Waals surface area contributed by atoms with Gasteiger partial charge in [0.25, 0.3) is 0 Å². The Morgan fingerprint density at radius 2 is 2.00 bits per heavy atom. The van der Waals surface area contributed by atoms with Crippen molar-refractivity contribution in [3.05, 3.63) is 0 Å². The monoisotopic (exact) mass is 184 g/mol. The van der Waals surface area contributed by atoms with Crippen molar-refractivity contribution >= 4 is 5.97 Å². The number of carbonyl (C=O) groups excluding carboxylic acids is 1. The zero-order valence-electron chi connectivity index (χ0n) is 8.41. The van der Waals surface area contributed by atoms with Crippen LogP contribution in [0.2, 0.25) is 0 Å². The SMILES string of the molecule is CCOC(=O)C(C#N)N(CC)CC. The molecule has 0 saturated carbocycles. The lowest BCUT2D eigenvalue weighted by atomic mass is 10.3. The van der Waals surface area contributed by atoms with E-state index in [0.29, 0.717) is 19.7 Å². The molecule has 0 aromatic carbocycles. The summed E-state index contributed by atoms with van der Waals surface area (Å²) in [4.78, 5) is 13.0. The van der Waals surface area contributed by atoms with Gasteiger partial charge >= 0.3 is 5.97 Å². The highest BCUT2D eigenvalue weighted by atomic mass is 16.5. The molecule has 4 nitrogen and oxygen atoms in total. The number of rotatable bonds is 5. The summed E-state index contributed by atoms with van der Waals surface area (Å²) in [6.07, 6.45) is 0. The average Bonchev–Trinajstić information content (AvgIpc) is 2.14. The molecule has 0 bridgehead atoms. The first-order chi connectivity index (χ1) is 6.21. The van der Waals surface area contributed by atoms with Gasteiger partial charge in [-0.05, 0) is 20.0 Å². The standard InChI is InChI=1S/C9H16N2O2/c1-4-11(5-2)8(7-10)9(12)13-6-3/h8H,4-6H2,1-3H3. The zero-order valence-corrected chi connectivity index (χ0v) is 8.41. The molecular weight excluding hydrogens is 168 g/mol. The third kappa shape index (κ3) is 3.43. The van der Waals surface area contributed by atoms with Crippen LogP contribution in [-0.2, 0) is 9.53 Å². The highest BCUT2D eigenvalue weighted by Crippen LogP contribution is 2.00. The minimum atomic E-state index is -0.755. The summed E-state index contributed by atoms with van der Waals surface area (Å²) in [6.45, 7) is 7.22. The van der Waals surface area contributed by atoms with E-state index in [1.165, 1.54) is 0 Å². The molecule has 0 fully saturated rings. The van der Waals surface area contributed by atoms with Crippen LogP contribution in [0.5, 0.6) is 0 Å². The Morgan fingerprint density at radius 1 is 1.46 bits per heavy atom. The summed E-state index contributed by atoms with van der Waals surface area (Å²) < 4.78 is 4.78. The van der Waals surface area contributed by atoms with Gasteiger partial charge in [0.15, 0.2) is 6.04 Å². The normalized spacial score (nSPS) is 12.2. The first-order valence-electron chi connectivity index (χ1n) is 4.51. The van der Waals surface area contributed by atoms with Gasteiger partial charge in [0.1, 0.15) is 0 Å². The Balaban J connectivity index is 4.32. The van der Waals surface area contributed by atoms with E-state index >= 15 is 0 Å². The number of nitriles is 1. The van der Waals surface area contributed by atoms with Gasteiger partial charge < -0.3 is 4.74 Å². The average molecular weight is 184 g/mol. The third-order valence-electron chi connectivity index (χ3n) is 1.81. The van der Waals surface area contributed by atoms with Crippen LogP contribution in [0.15, 0.2) is 0 Å². The molecular formula is C9H16N2O2. The molecule has 0 rings (SSSR count). The summed E-state index contributed by atoms with van der Waals surface area (Å²) in [5.41, 5.74) is 0. The number of hydrogen-bond acceptors (Lipinski definition) is 4. The van der Waals surface area contributed by atoms with Gasteiger partial charge in [0, 0.05) is 0 Å². The fourth-order valence-electron chi connectivity index (χ4n) is 1.09. The minimum Gasteiger partial charge on any atom is -0.464 e. The summed E-state index contributed by atoms with van der Waals surface area (Å²) >= 11 is 0. The van der Waals surface area contributed by atoms with Crippen LogP contribution >= 0.6 is 0 Å². The van der Waals surface area contributed by atoms with Crippen LogP contribution in [0, 0.1) is 11.3 Å². The van der Waals surface area contributed by atoms with Gasteiger partial charge in [-0.3, -0.25) is 4.90 Å². The lowest BCUT2D eigenvalue weighted by Crippen LogP contribution is -2.40. The zero-order chi connectivity index (χ0) is 10.3. The van der Waals surface area contributed by atoms with Gasteiger partial charge in [-0.2, -0.15) is 5.26 Å². The van der Waals surface area contributed by atoms with Crippen LogP contribution < -0.4 is 0 Å². The van der Waals surface area contributed by atoms with Crippen molar-refractivity contribution in [2.45, 2.75) is 26.8 Å². The maximum atomic E-state index is 11.2. The molecule has 74 valence electrons. The Kier molecular flexibility index (Phi) is 5.90. The van der Waals surface area contributed by atoms with Crippen LogP contribution in [0.3, 0.4) is 0 Å². The van der Waals surface area contributed by atoms with Crippen molar-refractivity contribution in [3.8, 4) is 6.07 Å². The summed E-state index contributed by atoms with van der Waals surface area (Å²) in [5, 5.41) is 8.76. The predicted molar refractivity (Wildman–Crippen MR) is 49.0 cm³/mol. The third-order valence-corrected chi connectivity index (χ3v) is 1.81. The predicted octanol–water partition coefficient (Wildman–Crippen LogP) is 0.783. The molecule has 0 N–H and O–H groups in total.